The van der Waals surface area contributed by atoms with E-state index < -0.39 is 21.8 Å². The molecule has 0 atom stereocenters. The number of carboxylic acid groups (broad SMARTS) is 1. The average Bonchev–Trinajstić information content (AvgIpc) is 2.93. The molecular formula is C12H13NO5S2. The predicted molar refractivity (Wildman–Crippen MR) is 73.5 cm³/mol. The van der Waals surface area contributed by atoms with Crippen molar-refractivity contribution in [3.8, 4) is 0 Å². The third kappa shape index (κ3) is 2.92. The first kappa shape index (κ1) is 14.8. The second kappa shape index (κ2) is 5.39. The van der Waals surface area contributed by atoms with Crippen LogP contribution < -0.4 is 4.72 Å². The maximum Gasteiger partial charge on any atom is 0.371 e. The summed E-state index contributed by atoms with van der Waals surface area (Å²) in [4.78, 5) is 10.6. The summed E-state index contributed by atoms with van der Waals surface area (Å²) in [5, 5.41) is 12.6. The van der Waals surface area contributed by atoms with Crippen molar-refractivity contribution >= 4 is 27.3 Å². The molecule has 2 rings (SSSR count). The summed E-state index contributed by atoms with van der Waals surface area (Å²) >= 11 is 1.49. The molecule has 0 amide bonds. The van der Waals surface area contributed by atoms with Crippen molar-refractivity contribution < 1.29 is 22.7 Å². The van der Waals surface area contributed by atoms with Crippen molar-refractivity contribution in [3.05, 3.63) is 39.5 Å². The molecule has 2 aromatic rings. The van der Waals surface area contributed by atoms with Crippen molar-refractivity contribution in [2.45, 2.75) is 25.3 Å². The number of thiophene rings is 1. The first-order valence-corrected chi connectivity index (χ1v) is 8.09. The second-order valence-corrected chi connectivity index (χ2v) is 6.72. The molecule has 0 aliphatic rings. The fourth-order valence-corrected chi connectivity index (χ4v) is 3.70. The highest BCUT2D eigenvalue weighted by Crippen LogP contribution is 2.21. The predicted octanol–water partition coefficient (Wildman–Crippen LogP) is 2.13. The first-order valence-electron chi connectivity index (χ1n) is 5.66. The summed E-state index contributed by atoms with van der Waals surface area (Å²) in [5.74, 6) is -1.64. The average molecular weight is 315 g/mol. The molecule has 0 unspecified atom stereocenters. The number of hydrogen-bond acceptors (Lipinski definition) is 5. The Kier molecular flexibility index (Phi) is 3.98. The molecule has 108 valence electrons. The zero-order valence-electron chi connectivity index (χ0n) is 10.8. The van der Waals surface area contributed by atoms with Crippen LogP contribution in [0.15, 0.2) is 26.1 Å². The molecule has 2 N–H and O–H groups in total. The molecule has 20 heavy (non-hydrogen) atoms. The van der Waals surface area contributed by atoms with E-state index in [0.29, 0.717) is 0 Å². The lowest BCUT2D eigenvalue weighted by molar-refractivity contribution is 0.0661. The highest BCUT2D eigenvalue weighted by Gasteiger charge is 2.23. The van der Waals surface area contributed by atoms with Crippen molar-refractivity contribution in [1.29, 1.82) is 0 Å². The van der Waals surface area contributed by atoms with E-state index in [2.05, 4.69) is 4.72 Å². The highest BCUT2D eigenvalue weighted by molar-refractivity contribution is 7.89. The van der Waals surface area contributed by atoms with Crippen molar-refractivity contribution in [2.75, 3.05) is 0 Å². The normalized spacial score (nSPS) is 11.7. The van der Waals surface area contributed by atoms with Gasteiger partial charge in [-0.3, -0.25) is 0 Å². The van der Waals surface area contributed by atoms with Gasteiger partial charge in [-0.2, -0.15) is 11.3 Å². The largest absolute Gasteiger partial charge is 0.475 e. The smallest absolute Gasteiger partial charge is 0.371 e. The Balaban J connectivity index is 2.22. The molecular weight excluding hydrogens is 302 g/mol. The molecule has 0 saturated carbocycles. The van der Waals surface area contributed by atoms with Gasteiger partial charge in [0.2, 0.25) is 15.8 Å². The van der Waals surface area contributed by atoms with Gasteiger partial charge in [0.05, 0.1) is 0 Å². The standard InChI is InChI=1S/C12H13NO5S2/c1-7-5-19-6-9(7)4-13-20(16,17)11-3-10(12(14)15)18-8(11)2/h3,5-6,13H,4H2,1-2H3,(H,14,15). The number of aromatic carboxylic acids is 1. The van der Waals surface area contributed by atoms with E-state index in [1.165, 1.54) is 18.3 Å². The summed E-state index contributed by atoms with van der Waals surface area (Å²) < 4.78 is 31.6. The Morgan fingerprint density at radius 2 is 2.10 bits per heavy atom. The molecule has 0 spiro atoms. The van der Waals surface area contributed by atoms with Gasteiger partial charge in [0.25, 0.3) is 0 Å². The second-order valence-electron chi connectivity index (χ2n) is 4.24. The van der Waals surface area contributed by atoms with E-state index in [0.717, 1.165) is 17.2 Å². The monoisotopic (exact) mass is 315 g/mol. The van der Waals surface area contributed by atoms with Gasteiger partial charge in [0.1, 0.15) is 10.7 Å². The fraction of sp³-hybridized carbons (Fsp3) is 0.250. The zero-order valence-corrected chi connectivity index (χ0v) is 12.5. The molecule has 2 heterocycles. The fourth-order valence-electron chi connectivity index (χ4n) is 1.66. The Morgan fingerprint density at radius 3 is 2.60 bits per heavy atom. The van der Waals surface area contributed by atoms with Crippen molar-refractivity contribution in [2.24, 2.45) is 0 Å². The highest BCUT2D eigenvalue weighted by atomic mass is 32.2. The third-order valence-corrected chi connectivity index (χ3v) is 5.21. The third-order valence-electron chi connectivity index (χ3n) is 2.79. The molecule has 0 aliphatic carbocycles. The Labute approximate surface area is 120 Å². The number of rotatable bonds is 5. The maximum atomic E-state index is 12.1. The molecule has 0 bridgehead atoms. The van der Waals surface area contributed by atoms with Crippen molar-refractivity contribution in [1.82, 2.24) is 4.72 Å². The molecule has 0 aliphatic heterocycles. The molecule has 0 fully saturated rings. The zero-order chi connectivity index (χ0) is 14.9. The van der Waals surface area contributed by atoms with E-state index >= 15 is 0 Å². The molecule has 8 heteroatoms. The number of aryl methyl sites for hydroxylation is 2. The summed E-state index contributed by atoms with van der Waals surface area (Å²) in [6.07, 6.45) is 0. The van der Waals surface area contributed by atoms with E-state index in [9.17, 15) is 13.2 Å². The van der Waals surface area contributed by atoms with Gasteiger partial charge < -0.3 is 9.52 Å². The first-order chi connectivity index (χ1) is 9.31. The van der Waals surface area contributed by atoms with Crippen LogP contribution in [0, 0.1) is 13.8 Å². The number of carboxylic acids is 1. The van der Waals surface area contributed by atoms with Gasteiger partial charge in [-0.05, 0) is 35.7 Å². The lowest BCUT2D eigenvalue weighted by atomic mass is 10.2. The summed E-state index contributed by atoms with van der Waals surface area (Å²) in [7, 11) is -3.80. The quantitative estimate of drug-likeness (QED) is 0.881. The van der Waals surface area contributed by atoms with Crippen LogP contribution in [0.3, 0.4) is 0 Å². The van der Waals surface area contributed by atoms with Gasteiger partial charge in [-0.15, -0.1) is 0 Å². The van der Waals surface area contributed by atoms with Crippen LogP contribution in [0.5, 0.6) is 0 Å². The molecule has 0 aromatic carbocycles. The van der Waals surface area contributed by atoms with E-state index in [1.54, 1.807) is 0 Å². The van der Waals surface area contributed by atoms with E-state index in [-0.39, 0.29) is 17.2 Å². The van der Waals surface area contributed by atoms with Crippen molar-refractivity contribution in [3.63, 3.8) is 0 Å². The van der Waals surface area contributed by atoms with Crippen LogP contribution in [-0.2, 0) is 16.6 Å². The number of hydrogen-bond donors (Lipinski definition) is 2. The van der Waals surface area contributed by atoms with Gasteiger partial charge in [0, 0.05) is 12.6 Å². The maximum absolute atomic E-state index is 12.1. The van der Waals surface area contributed by atoms with Gasteiger partial charge in [-0.1, -0.05) is 0 Å². The molecule has 0 radical (unpaired) electrons. The van der Waals surface area contributed by atoms with Gasteiger partial charge in [-0.25, -0.2) is 17.9 Å². The summed E-state index contributed by atoms with van der Waals surface area (Å²) in [6.45, 7) is 3.47. The minimum absolute atomic E-state index is 0.0527. The lowest BCUT2D eigenvalue weighted by Crippen LogP contribution is -2.23. The molecule has 6 nitrogen and oxygen atoms in total. The van der Waals surface area contributed by atoms with Crippen LogP contribution in [0.2, 0.25) is 0 Å². The number of sulfonamides is 1. The van der Waals surface area contributed by atoms with Crippen LogP contribution in [0.4, 0.5) is 0 Å². The Morgan fingerprint density at radius 1 is 1.40 bits per heavy atom. The van der Waals surface area contributed by atoms with Crippen LogP contribution >= 0.6 is 11.3 Å². The van der Waals surface area contributed by atoms with E-state index in [1.807, 2.05) is 17.7 Å². The minimum atomic E-state index is -3.80. The van der Waals surface area contributed by atoms with Gasteiger partial charge >= 0.3 is 5.97 Å². The summed E-state index contributed by atoms with van der Waals surface area (Å²) in [6, 6.07) is 1.01. The van der Waals surface area contributed by atoms with Crippen LogP contribution in [-0.4, -0.2) is 19.5 Å². The number of carbonyl (C=O) groups is 1. The minimum Gasteiger partial charge on any atom is -0.475 e. The van der Waals surface area contributed by atoms with Crippen LogP contribution in [0.25, 0.3) is 0 Å². The Hall–Kier alpha value is -1.64. The number of nitrogens with one attached hydrogen (secondary N) is 1. The molecule has 2 aromatic heterocycles. The Bertz CT molecular complexity index is 742. The summed E-state index contributed by atoms with van der Waals surface area (Å²) in [5.41, 5.74) is 1.89. The molecule has 0 saturated heterocycles. The van der Waals surface area contributed by atoms with E-state index in [4.69, 9.17) is 9.52 Å². The lowest BCUT2D eigenvalue weighted by Gasteiger charge is -2.05. The SMILES string of the molecule is Cc1cscc1CNS(=O)(=O)c1cc(C(=O)O)oc1C. The topological polar surface area (TPSA) is 96.6 Å². The number of furan rings is 1. The van der Waals surface area contributed by atoms with Crippen LogP contribution in [0.1, 0.15) is 27.4 Å². The van der Waals surface area contributed by atoms with Gasteiger partial charge in [0.15, 0.2) is 0 Å².